The summed E-state index contributed by atoms with van der Waals surface area (Å²) >= 11 is 0. The van der Waals surface area contributed by atoms with E-state index in [2.05, 4.69) is 14.2 Å². The molecule has 0 spiro atoms. The lowest BCUT2D eigenvalue weighted by atomic mass is 10.1. The fourth-order valence-corrected chi connectivity index (χ4v) is 1.23. The number of hydrogen-bond acceptors (Lipinski definition) is 4. The van der Waals surface area contributed by atoms with Crippen molar-refractivity contribution in [1.29, 1.82) is 0 Å². The molecule has 20 heavy (non-hydrogen) atoms. The maximum Gasteiger partial charge on any atom is 0.508 e. The van der Waals surface area contributed by atoms with E-state index >= 15 is 0 Å². The highest BCUT2D eigenvalue weighted by Gasteiger charge is 2.72. The van der Waals surface area contributed by atoms with Crippen LogP contribution in [0.25, 0.3) is 0 Å². The topological polar surface area (TPSA) is 44.8 Å². The Balaban J connectivity index is 2.38. The Morgan fingerprint density at radius 1 is 1.15 bits per heavy atom. The molecule has 4 nitrogen and oxygen atoms in total. The molecule has 0 saturated carbocycles. The first-order valence-corrected chi connectivity index (χ1v) is 5.21. The van der Waals surface area contributed by atoms with Crippen LogP contribution >= 0.6 is 0 Å². The fourth-order valence-electron chi connectivity index (χ4n) is 1.23. The summed E-state index contributed by atoms with van der Waals surface area (Å²) in [5.41, 5.74) is 0. The van der Waals surface area contributed by atoms with Crippen LogP contribution in [-0.4, -0.2) is 50.1 Å². The summed E-state index contributed by atoms with van der Waals surface area (Å²) in [6.07, 6.45) is -10.1. The van der Waals surface area contributed by atoms with Crippen molar-refractivity contribution in [2.24, 2.45) is 0 Å². The first-order chi connectivity index (χ1) is 8.97. The second kappa shape index (κ2) is 5.62. The Bertz CT molecular complexity index is 355. The third kappa shape index (κ3) is 3.64. The van der Waals surface area contributed by atoms with Gasteiger partial charge >= 0.3 is 24.2 Å². The van der Waals surface area contributed by atoms with E-state index in [1.54, 1.807) is 0 Å². The van der Waals surface area contributed by atoms with Crippen LogP contribution in [0.2, 0.25) is 0 Å². The van der Waals surface area contributed by atoms with Crippen LogP contribution in [0.4, 0.5) is 35.5 Å². The van der Waals surface area contributed by atoms with Crippen molar-refractivity contribution < 1.29 is 49.7 Å². The van der Waals surface area contributed by atoms with Crippen LogP contribution in [0.3, 0.4) is 0 Å². The van der Waals surface area contributed by atoms with Gasteiger partial charge in [-0.15, -0.1) is 0 Å². The first-order valence-electron chi connectivity index (χ1n) is 5.21. The Morgan fingerprint density at radius 3 is 2.20 bits per heavy atom. The Morgan fingerprint density at radius 2 is 1.75 bits per heavy atom. The number of cyclic esters (lactones) is 2. The van der Waals surface area contributed by atoms with Crippen molar-refractivity contribution >= 4 is 6.16 Å². The second-order valence-corrected chi connectivity index (χ2v) is 3.90. The molecule has 0 aromatic rings. The predicted octanol–water partition coefficient (Wildman–Crippen LogP) is 2.76. The van der Waals surface area contributed by atoms with Gasteiger partial charge in [-0.2, -0.15) is 30.7 Å². The molecular weight excluding hydrogens is 305 g/mol. The van der Waals surface area contributed by atoms with E-state index < -0.39 is 49.9 Å². The molecule has 0 N–H and O–H groups in total. The number of carbonyl (C=O) groups is 1. The van der Waals surface area contributed by atoms with Gasteiger partial charge in [0, 0.05) is 6.42 Å². The Hall–Kier alpha value is -1.26. The quantitative estimate of drug-likeness (QED) is 0.430. The summed E-state index contributed by atoms with van der Waals surface area (Å²) in [5, 5.41) is 0. The summed E-state index contributed by atoms with van der Waals surface area (Å²) in [4.78, 5) is 10.4. The van der Waals surface area contributed by atoms with E-state index in [1.807, 2.05) is 0 Å². The maximum atomic E-state index is 12.8. The molecular formula is C9H9F7O4. The Kier molecular flexibility index (Phi) is 4.72. The fraction of sp³-hybridized carbons (Fsp3) is 0.889. The molecule has 1 heterocycles. The lowest BCUT2D eigenvalue weighted by Gasteiger charge is -2.28. The van der Waals surface area contributed by atoms with Gasteiger partial charge in [0.05, 0.1) is 13.2 Å². The molecule has 0 aromatic heterocycles. The molecule has 1 aliphatic heterocycles. The molecule has 1 aliphatic rings. The van der Waals surface area contributed by atoms with Crippen molar-refractivity contribution in [3.8, 4) is 0 Å². The summed E-state index contributed by atoms with van der Waals surface area (Å²) in [7, 11) is 0. The third-order valence-corrected chi connectivity index (χ3v) is 2.33. The molecule has 118 valence electrons. The van der Waals surface area contributed by atoms with Gasteiger partial charge in [-0.3, -0.25) is 0 Å². The minimum absolute atomic E-state index is 0.214. The molecule has 1 fully saturated rings. The highest BCUT2D eigenvalue weighted by molar-refractivity contribution is 5.61. The van der Waals surface area contributed by atoms with Crippen LogP contribution < -0.4 is 0 Å². The highest BCUT2D eigenvalue weighted by atomic mass is 19.4. The van der Waals surface area contributed by atoms with E-state index in [9.17, 15) is 35.5 Å². The van der Waals surface area contributed by atoms with Crippen LogP contribution in [-0.2, 0) is 14.2 Å². The number of alkyl halides is 7. The molecule has 1 unspecified atom stereocenters. The van der Waals surface area contributed by atoms with Crippen molar-refractivity contribution in [3.05, 3.63) is 0 Å². The highest BCUT2D eigenvalue weighted by Crippen LogP contribution is 2.47. The van der Waals surface area contributed by atoms with Crippen LogP contribution in [0.5, 0.6) is 0 Å². The van der Waals surface area contributed by atoms with E-state index in [1.165, 1.54) is 0 Å². The van der Waals surface area contributed by atoms with E-state index in [4.69, 9.17) is 0 Å². The first kappa shape index (κ1) is 16.8. The summed E-state index contributed by atoms with van der Waals surface area (Å²) < 4.78 is 99.1. The SMILES string of the molecule is O=C1OCC(COCCC(F)(F)C(F)(F)C(F)(F)F)O1. The zero-order chi connectivity index (χ0) is 15.6. The number of carbonyl (C=O) groups excluding carboxylic acids is 1. The molecule has 1 atom stereocenters. The minimum atomic E-state index is -6.36. The summed E-state index contributed by atoms with van der Waals surface area (Å²) in [6, 6.07) is 0. The predicted molar refractivity (Wildman–Crippen MR) is 47.6 cm³/mol. The van der Waals surface area contributed by atoms with Crippen molar-refractivity contribution in [3.63, 3.8) is 0 Å². The molecule has 0 aromatic carbocycles. The van der Waals surface area contributed by atoms with Crippen molar-refractivity contribution in [1.82, 2.24) is 0 Å². The van der Waals surface area contributed by atoms with E-state index in [-0.39, 0.29) is 6.61 Å². The smallest absolute Gasteiger partial charge is 0.430 e. The molecule has 0 radical (unpaired) electrons. The van der Waals surface area contributed by atoms with E-state index in [0.717, 1.165) is 0 Å². The van der Waals surface area contributed by atoms with Gasteiger partial charge in [0.25, 0.3) is 0 Å². The summed E-state index contributed by atoms with van der Waals surface area (Å²) in [6.45, 7) is -1.72. The zero-order valence-electron chi connectivity index (χ0n) is 9.68. The molecule has 11 heteroatoms. The van der Waals surface area contributed by atoms with Crippen LogP contribution in [0, 0.1) is 0 Å². The van der Waals surface area contributed by atoms with Gasteiger partial charge in [0.1, 0.15) is 6.61 Å². The van der Waals surface area contributed by atoms with Crippen molar-refractivity contribution in [2.75, 3.05) is 19.8 Å². The number of ether oxygens (including phenoxy) is 3. The monoisotopic (exact) mass is 314 g/mol. The number of rotatable bonds is 6. The zero-order valence-corrected chi connectivity index (χ0v) is 9.68. The lowest BCUT2D eigenvalue weighted by Crippen LogP contribution is -2.52. The number of hydrogen-bond donors (Lipinski definition) is 0. The second-order valence-electron chi connectivity index (χ2n) is 3.90. The van der Waals surface area contributed by atoms with Crippen molar-refractivity contribution in [2.45, 2.75) is 30.5 Å². The average molecular weight is 314 g/mol. The van der Waals surface area contributed by atoms with Gasteiger partial charge in [-0.05, 0) is 0 Å². The third-order valence-electron chi connectivity index (χ3n) is 2.33. The number of halogens is 7. The molecule has 0 aliphatic carbocycles. The van der Waals surface area contributed by atoms with Gasteiger partial charge in [-0.1, -0.05) is 0 Å². The Labute approximate surface area is 107 Å². The maximum absolute atomic E-state index is 12.8. The molecule has 1 rings (SSSR count). The normalized spacial score (nSPS) is 20.8. The van der Waals surface area contributed by atoms with Gasteiger partial charge in [-0.25, -0.2) is 4.79 Å². The van der Waals surface area contributed by atoms with Crippen LogP contribution in [0.1, 0.15) is 6.42 Å². The van der Waals surface area contributed by atoms with E-state index in [0.29, 0.717) is 0 Å². The van der Waals surface area contributed by atoms with Gasteiger partial charge in [0.15, 0.2) is 6.10 Å². The minimum Gasteiger partial charge on any atom is -0.430 e. The molecule has 0 bridgehead atoms. The summed E-state index contributed by atoms with van der Waals surface area (Å²) in [5.74, 6) is -11.4. The van der Waals surface area contributed by atoms with Crippen LogP contribution in [0.15, 0.2) is 0 Å². The lowest BCUT2D eigenvalue weighted by molar-refractivity contribution is -0.356. The standard InChI is InChI=1S/C9H9F7O4/c10-7(11,8(12,13)9(14,15)16)1-2-18-3-5-4-19-6(17)20-5/h5H,1-4H2. The van der Waals surface area contributed by atoms with Gasteiger partial charge < -0.3 is 14.2 Å². The molecule has 0 amide bonds. The average Bonchev–Trinajstić information content (AvgIpc) is 2.69. The largest absolute Gasteiger partial charge is 0.508 e. The van der Waals surface area contributed by atoms with Gasteiger partial charge in [0.2, 0.25) is 0 Å². The molecule has 1 saturated heterocycles.